The summed E-state index contributed by atoms with van der Waals surface area (Å²) < 4.78 is 1.56. The normalized spacial score (nSPS) is 24.9. The van der Waals surface area contributed by atoms with Crippen molar-refractivity contribution in [2.75, 3.05) is 13.1 Å². The third-order valence-electron chi connectivity index (χ3n) is 3.50. The SMILES string of the molecule is CC1(O)CCCN(Cc2cc(=O)n3ccsc3n2)C1. The lowest BCUT2D eigenvalue weighted by Gasteiger charge is -2.36. The van der Waals surface area contributed by atoms with E-state index < -0.39 is 5.60 Å². The lowest BCUT2D eigenvalue weighted by molar-refractivity contribution is -0.0184. The van der Waals surface area contributed by atoms with Gasteiger partial charge in [0, 0.05) is 30.7 Å². The molecule has 1 aliphatic rings. The third kappa shape index (κ3) is 2.70. The Hall–Kier alpha value is -1.24. The third-order valence-corrected chi connectivity index (χ3v) is 4.25. The van der Waals surface area contributed by atoms with Crippen LogP contribution in [0, 0.1) is 0 Å². The Kier molecular flexibility index (Phi) is 3.16. The van der Waals surface area contributed by atoms with Crippen LogP contribution in [0.5, 0.6) is 0 Å². The summed E-state index contributed by atoms with van der Waals surface area (Å²) in [6.45, 7) is 4.07. The molecule has 3 heterocycles. The van der Waals surface area contributed by atoms with Crippen LogP contribution in [0.2, 0.25) is 0 Å². The van der Waals surface area contributed by atoms with E-state index >= 15 is 0 Å². The van der Waals surface area contributed by atoms with Gasteiger partial charge < -0.3 is 5.11 Å². The smallest absolute Gasteiger partial charge is 0.258 e. The summed E-state index contributed by atoms with van der Waals surface area (Å²) in [5.41, 5.74) is 0.121. The number of thiazole rings is 1. The molecule has 2 aromatic heterocycles. The largest absolute Gasteiger partial charge is 0.389 e. The monoisotopic (exact) mass is 279 g/mol. The van der Waals surface area contributed by atoms with Gasteiger partial charge in [0.05, 0.1) is 11.3 Å². The molecular formula is C13H17N3O2S. The molecule has 0 aliphatic carbocycles. The van der Waals surface area contributed by atoms with Crippen LogP contribution in [0.1, 0.15) is 25.5 Å². The number of aliphatic hydroxyl groups is 1. The summed E-state index contributed by atoms with van der Waals surface area (Å²) in [6, 6.07) is 1.59. The van der Waals surface area contributed by atoms with E-state index in [0.717, 1.165) is 30.0 Å². The Labute approximate surface area is 115 Å². The van der Waals surface area contributed by atoms with Crippen molar-refractivity contribution in [3.05, 3.63) is 33.7 Å². The highest BCUT2D eigenvalue weighted by Crippen LogP contribution is 2.21. The molecule has 1 N–H and O–H groups in total. The highest BCUT2D eigenvalue weighted by atomic mass is 32.1. The lowest BCUT2D eigenvalue weighted by Crippen LogP contribution is -2.45. The van der Waals surface area contributed by atoms with E-state index in [2.05, 4.69) is 9.88 Å². The van der Waals surface area contributed by atoms with Gasteiger partial charge in [-0.05, 0) is 26.3 Å². The molecule has 1 saturated heterocycles. The topological polar surface area (TPSA) is 57.8 Å². The number of rotatable bonds is 2. The fraction of sp³-hybridized carbons (Fsp3) is 0.538. The molecule has 0 bridgehead atoms. The molecule has 6 heteroatoms. The maximum atomic E-state index is 11.9. The Morgan fingerprint density at radius 2 is 2.42 bits per heavy atom. The number of nitrogens with zero attached hydrogens (tertiary/aromatic N) is 3. The predicted octanol–water partition coefficient (Wildman–Crippen LogP) is 1.10. The number of hydrogen-bond acceptors (Lipinski definition) is 5. The Morgan fingerprint density at radius 1 is 1.58 bits per heavy atom. The Morgan fingerprint density at radius 3 is 3.21 bits per heavy atom. The van der Waals surface area contributed by atoms with Crippen molar-refractivity contribution in [1.82, 2.24) is 14.3 Å². The standard InChI is InChI=1S/C13H17N3O2S/c1-13(18)3-2-4-15(9-13)8-10-7-11(17)16-5-6-19-12(16)14-10/h5-7,18H,2-4,8-9H2,1H3. The van der Waals surface area contributed by atoms with Gasteiger partial charge in [0.25, 0.3) is 5.56 Å². The van der Waals surface area contributed by atoms with Crippen molar-refractivity contribution in [3.63, 3.8) is 0 Å². The number of β-amino-alcohol motifs (C(OH)–C–C–N with tert-alkyl or cyclic N) is 1. The molecule has 0 spiro atoms. The molecule has 0 aromatic carbocycles. The zero-order valence-corrected chi connectivity index (χ0v) is 11.7. The number of likely N-dealkylation sites (tertiary alicyclic amines) is 1. The van der Waals surface area contributed by atoms with Crippen molar-refractivity contribution >= 4 is 16.3 Å². The summed E-state index contributed by atoms with van der Waals surface area (Å²) in [4.78, 5) is 19.3. The fourth-order valence-electron chi connectivity index (χ4n) is 2.66. The predicted molar refractivity (Wildman–Crippen MR) is 74.5 cm³/mol. The molecule has 0 amide bonds. The minimum absolute atomic E-state index is 0.0370. The van der Waals surface area contributed by atoms with Crippen LogP contribution < -0.4 is 5.56 Å². The van der Waals surface area contributed by atoms with Crippen LogP contribution in [0.3, 0.4) is 0 Å². The van der Waals surface area contributed by atoms with Crippen molar-refractivity contribution in [1.29, 1.82) is 0 Å². The second-order valence-electron chi connectivity index (χ2n) is 5.45. The summed E-state index contributed by atoms with van der Waals surface area (Å²) in [5, 5.41) is 12.0. The Balaban J connectivity index is 1.83. The first-order valence-electron chi connectivity index (χ1n) is 6.44. The maximum Gasteiger partial charge on any atom is 0.258 e. The Bertz CT molecular complexity index is 647. The second-order valence-corrected chi connectivity index (χ2v) is 6.33. The van der Waals surface area contributed by atoms with Crippen LogP contribution in [-0.4, -0.2) is 38.1 Å². The molecule has 3 rings (SSSR count). The van der Waals surface area contributed by atoms with Crippen molar-refractivity contribution in [3.8, 4) is 0 Å². The highest BCUT2D eigenvalue weighted by molar-refractivity contribution is 7.15. The minimum Gasteiger partial charge on any atom is -0.389 e. The number of fused-ring (bicyclic) bond motifs is 1. The average Bonchev–Trinajstić information content (AvgIpc) is 2.76. The first-order chi connectivity index (χ1) is 9.03. The molecule has 0 radical (unpaired) electrons. The molecule has 0 saturated carbocycles. The molecule has 1 atom stereocenters. The zero-order valence-electron chi connectivity index (χ0n) is 10.9. The van der Waals surface area contributed by atoms with Crippen LogP contribution in [-0.2, 0) is 6.54 Å². The van der Waals surface area contributed by atoms with Gasteiger partial charge in [-0.25, -0.2) is 4.98 Å². The van der Waals surface area contributed by atoms with Crippen molar-refractivity contribution in [2.45, 2.75) is 31.9 Å². The maximum absolute atomic E-state index is 11.9. The number of piperidine rings is 1. The summed E-state index contributed by atoms with van der Waals surface area (Å²) in [7, 11) is 0. The molecule has 102 valence electrons. The fourth-order valence-corrected chi connectivity index (χ4v) is 3.39. The molecule has 2 aromatic rings. The average molecular weight is 279 g/mol. The zero-order chi connectivity index (χ0) is 13.5. The van der Waals surface area contributed by atoms with Gasteiger partial charge in [0.2, 0.25) is 0 Å². The van der Waals surface area contributed by atoms with Gasteiger partial charge in [-0.1, -0.05) is 0 Å². The van der Waals surface area contributed by atoms with Gasteiger partial charge in [0.1, 0.15) is 0 Å². The number of hydrogen-bond donors (Lipinski definition) is 1. The van der Waals surface area contributed by atoms with Crippen molar-refractivity contribution in [2.24, 2.45) is 0 Å². The van der Waals surface area contributed by atoms with E-state index in [9.17, 15) is 9.90 Å². The minimum atomic E-state index is -0.625. The van der Waals surface area contributed by atoms with Crippen LogP contribution in [0.4, 0.5) is 0 Å². The summed E-state index contributed by atoms with van der Waals surface area (Å²) in [5.74, 6) is 0. The van der Waals surface area contributed by atoms with Crippen LogP contribution in [0.25, 0.3) is 4.96 Å². The molecule has 1 unspecified atom stereocenters. The van der Waals surface area contributed by atoms with E-state index in [4.69, 9.17) is 0 Å². The molecule has 19 heavy (non-hydrogen) atoms. The molecule has 1 fully saturated rings. The summed E-state index contributed by atoms with van der Waals surface area (Å²) >= 11 is 1.46. The van der Waals surface area contributed by atoms with Gasteiger partial charge in [-0.2, -0.15) is 0 Å². The van der Waals surface area contributed by atoms with Gasteiger partial charge in [-0.15, -0.1) is 11.3 Å². The first kappa shape index (κ1) is 12.8. The molecular weight excluding hydrogens is 262 g/mol. The van der Waals surface area contributed by atoms with Gasteiger partial charge in [-0.3, -0.25) is 14.1 Å². The number of aromatic nitrogens is 2. The second kappa shape index (κ2) is 4.70. The van der Waals surface area contributed by atoms with E-state index in [1.54, 1.807) is 16.7 Å². The quantitative estimate of drug-likeness (QED) is 0.894. The first-order valence-corrected chi connectivity index (χ1v) is 7.32. The van der Waals surface area contributed by atoms with Gasteiger partial charge in [0.15, 0.2) is 4.96 Å². The van der Waals surface area contributed by atoms with Crippen LogP contribution in [0.15, 0.2) is 22.4 Å². The molecule has 1 aliphatic heterocycles. The van der Waals surface area contributed by atoms with Crippen molar-refractivity contribution < 1.29 is 5.11 Å². The summed E-state index contributed by atoms with van der Waals surface area (Å²) in [6.07, 6.45) is 3.56. The molecule has 5 nitrogen and oxygen atoms in total. The van der Waals surface area contributed by atoms with E-state index in [-0.39, 0.29) is 5.56 Å². The van der Waals surface area contributed by atoms with Crippen LogP contribution >= 0.6 is 11.3 Å². The van der Waals surface area contributed by atoms with E-state index in [1.165, 1.54) is 11.3 Å². The van der Waals surface area contributed by atoms with Gasteiger partial charge >= 0.3 is 0 Å². The lowest BCUT2D eigenvalue weighted by atomic mass is 9.95. The van der Waals surface area contributed by atoms with E-state index in [0.29, 0.717) is 13.1 Å². The highest BCUT2D eigenvalue weighted by Gasteiger charge is 2.28. The van der Waals surface area contributed by atoms with E-state index in [1.807, 2.05) is 12.3 Å².